The second kappa shape index (κ2) is 4.62. The second-order valence-electron chi connectivity index (χ2n) is 4.45. The van der Waals surface area contributed by atoms with Gasteiger partial charge in [0.2, 0.25) is 5.95 Å². The highest BCUT2D eigenvalue weighted by Crippen LogP contribution is 2.34. The van der Waals surface area contributed by atoms with E-state index in [9.17, 15) is 13.2 Å². The van der Waals surface area contributed by atoms with Crippen LogP contribution in [-0.4, -0.2) is 22.6 Å². The van der Waals surface area contributed by atoms with E-state index >= 15 is 0 Å². The third-order valence-electron chi connectivity index (χ3n) is 2.79. The van der Waals surface area contributed by atoms with Crippen molar-refractivity contribution in [2.24, 2.45) is 5.92 Å². The van der Waals surface area contributed by atoms with Gasteiger partial charge in [0.15, 0.2) is 5.69 Å². The van der Waals surface area contributed by atoms with Gasteiger partial charge in [0.1, 0.15) is 5.82 Å². The van der Waals surface area contributed by atoms with E-state index in [2.05, 4.69) is 20.6 Å². The van der Waals surface area contributed by atoms with Crippen LogP contribution in [-0.2, 0) is 6.18 Å². The van der Waals surface area contributed by atoms with Crippen molar-refractivity contribution >= 4 is 11.8 Å². The molecular weight excluding hydrogens is 245 g/mol. The van der Waals surface area contributed by atoms with Gasteiger partial charge in [0.05, 0.1) is 0 Å². The van der Waals surface area contributed by atoms with Crippen molar-refractivity contribution in [3.8, 4) is 0 Å². The third kappa shape index (κ3) is 3.02. The topological polar surface area (TPSA) is 49.8 Å². The Morgan fingerprint density at radius 1 is 1.39 bits per heavy atom. The van der Waals surface area contributed by atoms with Crippen molar-refractivity contribution in [2.45, 2.75) is 32.5 Å². The van der Waals surface area contributed by atoms with Gasteiger partial charge in [-0.1, -0.05) is 6.92 Å². The Bertz CT molecular complexity index is 433. The number of nitrogens with one attached hydrogen (secondary N) is 2. The molecule has 0 radical (unpaired) electrons. The molecular formula is C11H15F3N4. The fourth-order valence-electron chi connectivity index (χ4n) is 1.62. The molecule has 0 amide bonds. The number of aromatic nitrogens is 2. The van der Waals surface area contributed by atoms with Gasteiger partial charge in [-0.15, -0.1) is 0 Å². The van der Waals surface area contributed by atoms with Crippen LogP contribution in [0.4, 0.5) is 24.9 Å². The van der Waals surface area contributed by atoms with E-state index in [-0.39, 0.29) is 17.8 Å². The summed E-state index contributed by atoms with van der Waals surface area (Å²) in [7, 11) is 0. The average molecular weight is 260 g/mol. The minimum Gasteiger partial charge on any atom is -0.367 e. The molecule has 1 aliphatic rings. The lowest BCUT2D eigenvalue weighted by Crippen LogP contribution is -2.15. The van der Waals surface area contributed by atoms with Crippen molar-refractivity contribution in [3.05, 3.63) is 11.8 Å². The summed E-state index contributed by atoms with van der Waals surface area (Å²) in [5.41, 5.74) is -0.927. The first-order valence-electron chi connectivity index (χ1n) is 5.87. The minimum absolute atomic E-state index is 0.00290. The minimum atomic E-state index is -4.46. The maximum atomic E-state index is 12.7. The largest absolute Gasteiger partial charge is 0.433 e. The Labute approximate surface area is 103 Å². The average Bonchev–Trinajstić information content (AvgIpc) is 2.93. The molecule has 2 N–H and O–H groups in total. The molecule has 100 valence electrons. The molecule has 0 spiro atoms. The summed E-state index contributed by atoms with van der Waals surface area (Å²) in [5, 5.41) is 5.69. The van der Waals surface area contributed by atoms with E-state index in [1.54, 1.807) is 6.92 Å². The van der Waals surface area contributed by atoms with Crippen LogP contribution < -0.4 is 10.6 Å². The maximum Gasteiger partial charge on any atom is 0.433 e. The van der Waals surface area contributed by atoms with E-state index in [1.807, 2.05) is 6.92 Å². The molecule has 0 aromatic carbocycles. The SMILES string of the molecule is CCNc1nc(NC2CC2C)cc(C(F)(F)F)n1. The quantitative estimate of drug-likeness (QED) is 0.874. The third-order valence-corrected chi connectivity index (χ3v) is 2.79. The molecule has 1 aliphatic carbocycles. The molecule has 0 bridgehead atoms. The highest BCUT2D eigenvalue weighted by molar-refractivity contribution is 5.44. The number of nitrogens with zero attached hydrogens (tertiary/aromatic N) is 2. The van der Waals surface area contributed by atoms with E-state index in [4.69, 9.17) is 0 Å². The normalized spacial score (nSPS) is 22.7. The van der Waals surface area contributed by atoms with Crippen LogP contribution in [0, 0.1) is 5.92 Å². The van der Waals surface area contributed by atoms with E-state index in [1.165, 1.54) is 0 Å². The monoisotopic (exact) mass is 260 g/mol. The van der Waals surface area contributed by atoms with Crippen LogP contribution in [0.5, 0.6) is 0 Å². The van der Waals surface area contributed by atoms with E-state index < -0.39 is 11.9 Å². The predicted molar refractivity (Wildman–Crippen MR) is 62.4 cm³/mol. The molecule has 7 heteroatoms. The lowest BCUT2D eigenvalue weighted by Gasteiger charge is -2.11. The molecule has 0 saturated heterocycles. The van der Waals surface area contributed by atoms with Crippen molar-refractivity contribution in [1.82, 2.24) is 9.97 Å². The van der Waals surface area contributed by atoms with Gasteiger partial charge in [-0.05, 0) is 19.3 Å². The Morgan fingerprint density at radius 3 is 2.56 bits per heavy atom. The summed E-state index contributed by atoms with van der Waals surface area (Å²) in [4.78, 5) is 7.47. The van der Waals surface area contributed by atoms with Gasteiger partial charge >= 0.3 is 6.18 Å². The number of alkyl halides is 3. The van der Waals surface area contributed by atoms with E-state index in [0.29, 0.717) is 12.5 Å². The molecule has 1 aromatic rings. The Kier molecular flexibility index (Phi) is 3.32. The van der Waals surface area contributed by atoms with Crippen LogP contribution >= 0.6 is 0 Å². The highest BCUT2D eigenvalue weighted by Gasteiger charge is 2.36. The zero-order chi connectivity index (χ0) is 13.3. The van der Waals surface area contributed by atoms with Crippen molar-refractivity contribution in [3.63, 3.8) is 0 Å². The number of anilines is 2. The van der Waals surface area contributed by atoms with Crippen LogP contribution in [0.1, 0.15) is 26.0 Å². The predicted octanol–water partition coefficient (Wildman–Crippen LogP) is 2.75. The number of halogens is 3. The molecule has 2 atom stereocenters. The molecule has 1 fully saturated rings. The Balaban J connectivity index is 2.24. The van der Waals surface area contributed by atoms with Crippen LogP contribution in [0.3, 0.4) is 0 Å². The molecule has 18 heavy (non-hydrogen) atoms. The summed E-state index contributed by atoms with van der Waals surface area (Å²) >= 11 is 0. The summed E-state index contributed by atoms with van der Waals surface area (Å²) in [5.74, 6) is 0.711. The first-order chi connectivity index (χ1) is 8.40. The van der Waals surface area contributed by atoms with Gasteiger partial charge < -0.3 is 10.6 Å². The van der Waals surface area contributed by atoms with Crippen LogP contribution in [0.25, 0.3) is 0 Å². The van der Waals surface area contributed by atoms with Gasteiger partial charge in [-0.25, -0.2) is 4.98 Å². The van der Waals surface area contributed by atoms with Gasteiger partial charge in [-0.2, -0.15) is 18.2 Å². The lowest BCUT2D eigenvalue weighted by molar-refractivity contribution is -0.141. The number of rotatable bonds is 4. The molecule has 2 unspecified atom stereocenters. The summed E-state index contributed by atoms with van der Waals surface area (Å²) in [6.45, 7) is 4.29. The fourth-order valence-corrected chi connectivity index (χ4v) is 1.62. The second-order valence-corrected chi connectivity index (χ2v) is 4.45. The molecule has 1 aromatic heterocycles. The van der Waals surface area contributed by atoms with Gasteiger partial charge in [0, 0.05) is 18.7 Å². The van der Waals surface area contributed by atoms with Crippen molar-refractivity contribution in [1.29, 1.82) is 0 Å². The van der Waals surface area contributed by atoms with E-state index in [0.717, 1.165) is 12.5 Å². The zero-order valence-corrected chi connectivity index (χ0v) is 10.2. The van der Waals surface area contributed by atoms with Crippen molar-refractivity contribution < 1.29 is 13.2 Å². The molecule has 1 saturated carbocycles. The molecule has 1 heterocycles. The maximum absolute atomic E-state index is 12.7. The van der Waals surface area contributed by atoms with Gasteiger partial charge in [-0.3, -0.25) is 0 Å². The Hall–Kier alpha value is -1.53. The standard InChI is InChI=1S/C11H15F3N4/c1-3-15-10-17-8(11(12,13)14)5-9(18-10)16-7-4-6(7)2/h5-7H,3-4H2,1-2H3,(H2,15,16,17,18). The smallest absolute Gasteiger partial charge is 0.367 e. The molecule has 4 nitrogen and oxygen atoms in total. The summed E-state index contributed by atoms with van der Waals surface area (Å²) in [6, 6.07) is 1.17. The van der Waals surface area contributed by atoms with Crippen LogP contribution in [0.2, 0.25) is 0 Å². The van der Waals surface area contributed by atoms with Crippen molar-refractivity contribution in [2.75, 3.05) is 17.2 Å². The fraction of sp³-hybridized carbons (Fsp3) is 0.636. The highest BCUT2D eigenvalue weighted by atomic mass is 19.4. The first-order valence-corrected chi connectivity index (χ1v) is 5.87. The first kappa shape index (κ1) is 12.9. The van der Waals surface area contributed by atoms with Crippen LogP contribution in [0.15, 0.2) is 6.07 Å². The molecule has 2 rings (SSSR count). The Morgan fingerprint density at radius 2 is 2.06 bits per heavy atom. The summed E-state index contributed by atoms with van der Waals surface area (Å²) in [6.07, 6.45) is -3.50. The summed E-state index contributed by atoms with van der Waals surface area (Å²) < 4.78 is 38.0. The molecule has 0 aliphatic heterocycles. The number of hydrogen-bond donors (Lipinski definition) is 2. The zero-order valence-electron chi connectivity index (χ0n) is 10.2. The lowest BCUT2D eigenvalue weighted by atomic mass is 10.3. The number of hydrogen-bond acceptors (Lipinski definition) is 4. The van der Waals surface area contributed by atoms with Gasteiger partial charge in [0.25, 0.3) is 0 Å².